The fraction of sp³-hybridized carbons (Fsp3) is 0.438. The van der Waals surface area contributed by atoms with Gasteiger partial charge in [0.05, 0.1) is 17.0 Å². The summed E-state index contributed by atoms with van der Waals surface area (Å²) in [7, 11) is 0. The molecule has 0 aliphatic heterocycles. The molecule has 1 unspecified atom stereocenters. The van der Waals surface area contributed by atoms with Crippen molar-refractivity contribution in [2.75, 3.05) is 6.54 Å². The maximum absolute atomic E-state index is 13.2. The highest BCUT2D eigenvalue weighted by atomic mass is 19.4. The lowest BCUT2D eigenvalue weighted by Gasteiger charge is -2.14. The van der Waals surface area contributed by atoms with Crippen LogP contribution in [0, 0.1) is 5.92 Å². The molecular formula is C16H18F3N3O3. The Morgan fingerprint density at radius 3 is 2.60 bits per heavy atom. The standard InChI is InChI=1S/C16H18F3N3O3/c1-2-5-10(14(24)25)8-20-13(23)9-22-12-7-4-3-6-11(12)21-15(22)16(17,18)19/h3-4,6-7,10H,2,5,8-9H2,1H3,(H,20,23)(H,24,25). The van der Waals surface area contributed by atoms with Gasteiger partial charge in [-0.15, -0.1) is 0 Å². The van der Waals surface area contributed by atoms with Crippen LogP contribution in [0.15, 0.2) is 24.3 Å². The van der Waals surface area contributed by atoms with Crippen molar-refractivity contribution in [3.63, 3.8) is 0 Å². The van der Waals surface area contributed by atoms with E-state index in [1.165, 1.54) is 12.1 Å². The number of benzene rings is 1. The Labute approximate surface area is 141 Å². The first kappa shape index (κ1) is 18.8. The molecule has 2 rings (SSSR count). The number of rotatable bonds is 7. The minimum atomic E-state index is -4.70. The first-order valence-corrected chi connectivity index (χ1v) is 7.76. The van der Waals surface area contributed by atoms with Gasteiger partial charge in [0, 0.05) is 6.54 Å². The summed E-state index contributed by atoms with van der Waals surface area (Å²) in [4.78, 5) is 26.7. The van der Waals surface area contributed by atoms with E-state index in [1.54, 1.807) is 12.1 Å². The third-order valence-electron chi connectivity index (χ3n) is 3.74. The lowest BCUT2D eigenvalue weighted by Crippen LogP contribution is -2.35. The highest BCUT2D eigenvalue weighted by molar-refractivity contribution is 5.81. The Hall–Kier alpha value is -2.58. The summed E-state index contributed by atoms with van der Waals surface area (Å²) < 4.78 is 40.3. The largest absolute Gasteiger partial charge is 0.481 e. The van der Waals surface area contributed by atoms with Crippen LogP contribution in [0.5, 0.6) is 0 Å². The minimum Gasteiger partial charge on any atom is -0.481 e. The van der Waals surface area contributed by atoms with Gasteiger partial charge in [-0.3, -0.25) is 9.59 Å². The van der Waals surface area contributed by atoms with Gasteiger partial charge in [0.1, 0.15) is 6.54 Å². The molecule has 2 N–H and O–H groups in total. The third-order valence-corrected chi connectivity index (χ3v) is 3.74. The summed E-state index contributed by atoms with van der Waals surface area (Å²) >= 11 is 0. The number of carbonyl (C=O) groups is 2. The average molecular weight is 357 g/mol. The van der Waals surface area contributed by atoms with E-state index in [2.05, 4.69) is 10.3 Å². The molecule has 0 saturated heterocycles. The Kier molecular flexibility index (Phi) is 5.66. The number of aliphatic carboxylic acids is 1. The van der Waals surface area contributed by atoms with E-state index in [9.17, 15) is 22.8 Å². The molecule has 0 saturated carbocycles. The van der Waals surface area contributed by atoms with Gasteiger partial charge < -0.3 is 15.0 Å². The Morgan fingerprint density at radius 1 is 1.32 bits per heavy atom. The molecule has 1 heterocycles. The van der Waals surface area contributed by atoms with Crippen molar-refractivity contribution >= 4 is 22.9 Å². The molecule has 0 bridgehead atoms. The molecule has 6 nitrogen and oxygen atoms in total. The average Bonchev–Trinajstić information content (AvgIpc) is 2.90. The number of imidazole rings is 1. The molecular weight excluding hydrogens is 339 g/mol. The highest BCUT2D eigenvalue weighted by Gasteiger charge is 2.38. The first-order valence-electron chi connectivity index (χ1n) is 7.76. The van der Waals surface area contributed by atoms with Crippen LogP contribution in [0.2, 0.25) is 0 Å². The summed E-state index contributed by atoms with van der Waals surface area (Å²) in [6.07, 6.45) is -3.71. The van der Waals surface area contributed by atoms with Crippen LogP contribution >= 0.6 is 0 Å². The van der Waals surface area contributed by atoms with Crippen LogP contribution in [-0.2, 0) is 22.3 Å². The second-order valence-electron chi connectivity index (χ2n) is 5.64. The minimum absolute atomic E-state index is 0.129. The Balaban J connectivity index is 2.19. The molecule has 1 amide bonds. The number of carboxylic acid groups (broad SMARTS) is 1. The van der Waals surface area contributed by atoms with Crippen LogP contribution < -0.4 is 5.32 Å². The summed E-state index contributed by atoms with van der Waals surface area (Å²) in [6, 6.07) is 5.99. The zero-order valence-corrected chi connectivity index (χ0v) is 13.5. The van der Waals surface area contributed by atoms with E-state index in [0.717, 1.165) is 4.57 Å². The monoisotopic (exact) mass is 357 g/mol. The van der Waals surface area contributed by atoms with Crippen LogP contribution in [0.4, 0.5) is 13.2 Å². The van der Waals surface area contributed by atoms with E-state index in [4.69, 9.17) is 5.11 Å². The van der Waals surface area contributed by atoms with Gasteiger partial charge in [-0.25, -0.2) is 4.98 Å². The summed E-state index contributed by atoms with van der Waals surface area (Å²) in [5.41, 5.74) is 0.324. The normalized spacial score (nSPS) is 13.0. The second-order valence-corrected chi connectivity index (χ2v) is 5.64. The molecule has 0 spiro atoms. The predicted molar refractivity (Wildman–Crippen MR) is 83.8 cm³/mol. The lowest BCUT2D eigenvalue weighted by molar-refractivity contribution is -0.147. The van der Waals surface area contributed by atoms with Gasteiger partial charge in [0.2, 0.25) is 11.7 Å². The Morgan fingerprint density at radius 2 is 2.00 bits per heavy atom. The molecule has 1 aromatic carbocycles. The van der Waals surface area contributed by atoms with Gasteiger partial charge in [-0.2, -0.15) is 13.2 Å². The number of alkyl halides is 3. The van der Waals surface area contributed by atoms with Crippen LogP contribution in [0.1, 0.15) is 25.6 Å². The first-order chi connectivity index (χ1) is 11.7. The fourth-order valence-electron chi connectivity index (χ4n) is 2.55. The number of nitrogens with zero attached hydrogens (tertiary/aromatic N) is 2. The summed E-state index contributed by atoms with van der Waals surface area (Å²) in [5.74, 6) is -3.68. The number of aromatic nitrogens is 2. The number of hydrogen-bond donors (Lipinski definition) is 2. The molecule has 136 valence electrons. The van der Waals surface area contributed by atoms with E-state index in [1.807, 2.05) is 6.92 Å². The van der Waals surface area contributed by atoms with E-state index >= 15 is 0 Å². The number of fused-ring (bicyclic) bond motifs is 1. The maximum atomic E-state index is 13.2. The number of halogens is 3. The molecule has 1 aromatic heterocycles. The quantitative estimate of drug-likeness (QED) is 0.798. The molecule has 9 heteroatoms. The van der Waals surface area contributed by atoms with E-state index in [0.29, 0.717) is 12.8 Å². The Bertz CT molecular complexity index is 771. The maximum Gasteiger partial charge on any atom is 0.449 e. The molecule has 0 fully saturated rings. The zero-order valence-electron chi connectivity index (χ0n) is 13.5. The smallest absolute Gasteiger partial charge is 0.449 e. The van der Waals surface area contributed by atoms with Crippen molar-refractivity contribution in [1.29, 1.82) is 0 Å². The van der Waals surface area contributed by atoms with Crippen molar-refractivity contribution in [3.8, 4) is 0 Å². The van der Waals surface area contributed by atoms with Gasteiger partial charge in [0.25, 0.3) is 0 Å². The van der Waals surface area contributed by atoms with Crippen LogP contribution in [0.25, 0.3) is 11.0 Å². The van der Waals surface area contributed by atoms with Gasteiger partial charge in [-0.1, -0.05) is 25.5 Å². The number of hydrogen-bond acceptors (Lipinski definition) is 3. The molecule has 0 aliphatic carbocycles. The molecule has 25 heavy (non-hydrogen) atoms. The van der Waals surface area contributed by atoms with Crippen LogP contribution in [-0.4, -0.2) is 33.1 Å². The number of para-hydroxylation sites is 2. The number of carbonyl (C=O) groups excluding carboxylic acids is 1. The van der Waals surface area contributed by atoms with Gasteiger partial charge >= 0.3 is 12.1 Å². The fourth-order valence-corrected chi connectivity index (χ4v) is 2.55. The topological polar surface area (TPSA) is 84.2 Å². The van der Waals surface area contributed by atoms with Crippen molar-refractivity contribution in [2.45, 2.75) is 32.5 Å². The molecule has 1 atom stereocenters. The number of nitrogens with one attached hydrogen (secondary N) is 1. The molecule has 0 aliphatic rings. The van der Waals surface area contributed by atoms with Gasteiger partial charge in [0.15, 0.2) is 0 Å². The van der Waals surface area contributed by atoms with E-state index < -0.39 is 36.3 Å². The third kappa shape index (κ3) is 4.49. The van der Waals surface area contributed by atoms with Crippen molar-refractivity contribution in [2.24, 2.45) is 5.92 Å². The number of amides is 1. The van der Waals surface area contributed by atoms with Gasteiger partial charge in [-0.05, 0) is 18.6 Å². The van der Waals surface area contributed by atoms with Crippen molar-refractivity contribution in [1.82, 2.24) is 14.9 Å². The van der Waals surface area contributed by atoms with Crippen molar-refractivity contribution in [3.05, 3.63) is 30.1 Å². The molecule has 2 aromatic rings. The second kappa shape index (κ2) is 7.54. The summed E-state index contributed by atoms with van der Waals surface area (Å²) in [5, 5.41) is 11.4. The molecule has 0 radical (unpaired) electrons. The van der Waals surface area contributed by atoms with Crippen molar-refractivity contribution < 1.29 is 27.9 Å². The zero-order chi connectivity index (χ0) is 18.6. The number of carboxylic acids is 1. The van der Waals surface area contributed by atoms with Crippen LogP contribution in [0.3, 0.4) is 0 Å². The predicted octanol–water partition coefficient (Wildman–Crippen LogP) is 2.67. The lowest BCUT2D eigenvalue weighted by atomic mass is 10.0. The summed E-state index contributed by atoms with van der Waals surface area (Å²) in [6.45, 7) is 1.09. The SMILES string of the molecule is CCCC(CNC(=O)Cn1c(C(F)(F)F)nc2ccccc21)C(=O)O. The van der Waals surface area contributed by atoms with E-state index in [-0.39, 0.29) is 17.6 Å². The highest BCUT2D eigenvalue weighted by Crippen LogP contribution is 2.31.